The lowest BCUT2D eigenvalue weighted by molar-refractivity contribution is -0.468. The third kappa shape index (κ3) is 5.64. The lowest BCUT2D eigenvalue weighted by atomic mass is 9.86. The Hall–Kier alpha value is -1.23. The molecule has 0 aliphatic rings. The van der Waals surface area contributed by atoms with Gasteiger partial charge in [0.25, 0.3) is 0 Å². The summed E-state index contributed by atoms with van der Waals surface area (Å²) in [5.74, 6) is -66.4. The first kappa shape index (κ1) is 37.8. The van der Waals surface area contributed by atoms with Gasteiger partial charge in [-0.2, -0.15) is 83.4 Å². The highest BCUT2D eigenvalue weighted by atomic mass is 28.4. The number of hydrogen-bond donors (Lipinski definition) is 0. The minimum Gasteiger partial charge on any atom is -0.377 e. The molecule has 0 saturated carbocycles. The smallest absolute Gasteiger partial charge is 0.377 e. The summed E-state index contributed by atoms with van der Waals surface area (Å²) in [5.41, 5.74) is 0. The van der Waals surface area contributed by atoms with Crippen molar-refractivity contribution in [3.8, 4) is 0 Å². The summed E-state index contributed by atoms with van der Waals surface area (Å²) in [6.07, 6.45) is -12.6. The van der Waals surface area contributed by atoms with Crippen LogP contribution in [0.5, 0.6) is 0 Å². The first-order valence-corrected chi connectivity index (χ1v) is 11.6. The summed E-state index contributed by atoms with van der Waals surface area (Å²) in [6, 6.07) is -0.516. The molecule has 0 saturated heterocycles. The van der Waals surface area contributed by atoms with Gasteiger partial charge in [0.2, 0.25) is 0 Å². The van der Waals surface area contributed by atoms with Crippen molar-refractivity contribution in [2.24, 2.45) is 0 Å². The molecule has 0 bridgehead atoms. The van der Waals surface area contributed by atoms with Gasteiger partial charge < -0.3 is 13.3 Å². The Kier molecular flexibility index (Phi) is 10.5. The second-order valence-corrected chi connectivity index (χ2v) is 10.8. The van der Waals surface area contributed by atoms with Crippen LogP contribution in [0.2, 0.25) is 6.04 Å². The highest BCUT2D eigenvalue weighted by Gasteiger charge is 2.96. The van der Waals surface area contributed by atoms with Gasteiger partial charge in [0.05, 0.1) is 0 Å². The number of halogens is 19. The highest BCUT2D eigenvalue weighted by molar-refractivity contribution is 6.60. The van der Waals surface area contributed by atoms with Crippen LogP contribution in [0.3, 0.4) is 0 Å². The molecule has 0 aliphatic carbocycles. The van der Waals surface area contributed by atoms with Gasteiger partial charge in [-0.25, -0.2) is 0 Å². The predicted molar refractivity (Wildman–Crippen MR) is 91.1 cm³/mol. The fourth-order valence-electron chi connectivity index (χ4n) is 2.80. The van der Waals surface area contributed by atoms with Crippen LogP contribution in [0.25, 0.3) is 0 Å². The Bertz CT molecular complexity index is 814. The van der Waals surface area contributed by atoms with E-state index in [1.165, 1.54) is 0 Å². The zero-order chi connectivity index (χ0) is 31.9. The Morgan fingerprint density at radius 2 is 0.692 bits per heavy atom. The largest absolute Gasteiger partial charge is 0.500 e. The van der Waals surface area contributed by atoms with Gasteiger partial charge in [0.15, 0.2) is 0 Å². The van der Waals surface area contributed by atoms with Crippen LogP contribution in [0.15, 0.2) is 0 Å². The molecule has 3 nitrogen and oxygen atoms in total. The molecule has 0 spiro atoms. The first-order valence-electron chi connectivity index (χ1n) is 9.63. The third-order valence-corrected chi connectivity index (χ3v) is 8.17. The van der Waals surface area contributed by atoms with Crippen molar-refractivity contribution in [1.82, 2.24) is 0 Å². The quantitative estimate of drug-likeness (QED) is 0.104. The lowest BCUT2D eigenvalue weighted by Crippen LogP contribution is -2.75. The molecule has 0 atom stereocenters. The Morgan fingerprint density at radius 3 is 0.974 bits per heavy atom. The summed E-state index contributed by atoms with van der Waals surface area (Å²) in [7, 11) is -0.714. The van der Waals surface area contributed by atoms with Crippen LogP contribution in [0.4, 0.5) is 83.4 Å². The maximum atomic E-state index is 13.9. The molecule has 0 radical (unpaired) electrons. The maximum absolute atomic E-state index is 13.9. The van der Waals surface area contributed by atoms with E-state index >= 15 is 0 Å². The van der Waals surface area contributed by atoms with Crippen molar-refractivity contribution in [1.29, 1.82) is 0 Å². The van der Waals surface area contributed by atoms with Crippen LogP contribution in [0, 0.1) is 0 Å². The van der Waals surface area contributed by atoms with Crippen molar-refractivity contribution in [2.45, 2.75) is 78.9 Å². The molecule has 0 aromatic rings. The average molecular weight is 646 g/mol. The molecule has 0 aromatic heterocycles. The topological polar surface area (TPSA) is 27.7 Å². The van der Waals surface area contributed by atoms with E-state index in [0.717, 1.165) is 21.3 Å². The van der Waals surface area contributed by atoms with E-state index < -0.39 is 87.7 Å². The molecule has 0 amide bonds. The van der Waals surface area contributed by atoms with Gasteiger partial charge in [-0.15, -0.1) is 0 Å². The minimum absolute atomic E-state index is 0.516. The molecule has 39 heavy (non-hydrogen) atoms. The molecule has 0 aliphatic heterocycles. The fourth-order valence-corrected chi connectivity index (χ4v) is 4.59. The normalized spacial score (nSPS) is 16.2. The van der Waals surface area contributed by atoms with Gasteiger partial charge in [0.1, 0.15) is 0 Å². The molecule has 0 fully saturated rings. The second-order valence-electron chi connectivity index (χ2n) is 7.73. The van der Waals surface area contributed by atoms with E-state index in [2.05, 4.69) is 0 Å². The summed E-state index contributed by atoms with van der Waals surface area (Å²) in [6.45, 7) is 0. The standard InChI is InChI=1S/C16H17F19O3Si/c1-36-39(37-2,38-3)7-5-4-6-8(17,18)9(19,20)10(21,22)11(23,24)12(25,26)13(27,28)14(29,30)15(31,32)16(33,34)35/h4-7H2,1-3H3. The predicted octanol–water partition coefficient (Wildman–Crippen LogP) is 7.68. The van der Waals surface area contributed by atoms with Crippen molar-refractivity contribution in [2.75, 3.05) is 21.3 Å². The number of unbranched alkanes of at least 4 members (excludes halogenated alkanes) is 1. The number of hydrogen-bond acceptors (Lipinski definition) is 3. The Labute approximate surface area is 206 Å². The second kappa shape index (κ2) is 10.9. The van der Waals surface area contributed by atoms with E-state index in [1.807, 2.05) is 0 Å². The molecular weight excluding hydrogens is 629 g/mol. The van der Waals surface area contributed by atoms with Crippen LogP contribution < -0.4 is 0 Å². The van der Waals surface area contributed by atoms with Gasteiger partial charge in [-0.1, -0.05) is 0 Å². The number of alkyl halides is 19. The van der Waals surface area contributed by atoms with Crippen LogP contribution in [-0.4, -0.2) is 83.7 Å². The molecular formula is C16H17F19O3Si. The molecule has 0 heterocycles. The maximum Gasteiger partial charge on any atom is 0.500 e. The van der Waals surface area contributed by atoms with E-state index in [1.54, 1.807) is 0 Å². The van der Waals surface area contributed by atoms with Gasteiger partial charge >= 0.3 is 62.4 Å². The van der Waals surface area contributed by atoms with Crippen LogP contribution in [-0.2, 0) is 13.3 Å². The van der Waals surface area contributed by atoms with Crippen molar-refractivity contribution in [3.05, 3.63) is 0 Å². The molecule has 0 rings (SSSR count). The number of rotatable bonds is 15. The van der Waals surface area contributed by atoms with Crippen LogP contribution in [0.1, 0.15) is 19.3 Å². The van der Waals surface area contributed by atoms with E-state index in [-0.39, 0.29) is 0 Å². The average Bonchev–Trinajstić information content (AvgIpc) is 2.78. The van der Waals surface area contributed by atoms with E-state index in [4.69, 9.17) is 13.3 Å². The van der Waals surface area contributed by atoms with Gasteiger partial charge in [0, 0.05) is 33.8 Å². The molecule has 0 unspecified atom stereocenters. The molecule has 236 valence electrons. The fraction of sp³-hybridized carbons (Fsp3) is 1.00. The zero-order valence-corrected chi connectivity index (χ0v) is 20.2. The lowest BCUT2D eigenvalue weighted by Gasteiger charge is -2.43. The summed E-state index contributed by atoms with van der Waals surface area (Å²) < 4.78 is 267. The minimum atomic E-state index is -8.91. The van der Waals surface area contributed by atoms with E-state index in [0.29, 0.717) is 0 Å². The monoisotopic (exact) mass is 646 g/mol. The molecule has 0 N–H and O–H groups in total. The molecule has 0 aromatic carbocycles. The summed E-state index contributed by atoms with van der Waals surface area (Å²) >= 11 is 0. The summed E-state index contributed by atoms with van der Waals surface area (Å²) in [4.78, 5) is 0. The molecule has 23 heteroatoms. The highest BCUT2D eigenvalue weighted by Crippen LogP contribution is 2.65. The van der Waals surface area contributed by atoms with Crippen LogP contribution >= 0.6 is 0 Å². The Balaban J connectivity index is 6.39. The first-order chi connectivity index (χ1) is 16.9. The third-order valence-electron chi connectivity index (χ3n) is 5.34. The van der Waals surface area contributed by atoms with Crippen molar-refractivity contribution >= 4 is 8.80 Å². The van der Waals surface area contributed by atoms with E-state index in [9.17, 15) is 83.4 Å². The Morgan fingerprint density at radius 1 is 0.410 bits per heavy atom. The summed E-state index contributed by atoms with van der Waals surface area (Å²) in [5, 5.41) is 0. The van der Waals surface area contributed by atoms with Gasteiger partial charge in [-0.3, -0.25) is 0 Å². The van der Waals surface area contributed by atoms with Gasteiger partial charge in [-0.05, 0) is 12.8 Å². The SMILES string of the molecule is CO[Si](CCCCC(F)(F)C(F)(F)C(F)(F)C(F)(F)C(F)(F)C(F)(F)C(F)(F)C(F)(F)C(F)(F)F)(OC)OC. The van der Waals surface area contributed by atoms with Crippen molar-refractivity contribution in [3.63, 3.8) is 0 Å². The van der Waals surface area contributed by atoms with Crippen molar-refractivity contribution < 1.29 is 96.7 Å². The zero-order valence-electron chi connectivity index (χ0n) is 19.2.